The molecule has 15 heavy (non-hydrogen) atoms. The van der Waals surface area contributed by atoms with Crippen molar-refractivity contribution in [2.75, 3.05) is 5.88 Å². The largest absolute Gasteiger partial charge is 0.306 e. The lowest BCUT2D eigenvalue weighted by Gasteiger charge is -2.27. The van der Waals surface area contributed by atoms with Gasteiger partial charge in [-0.15, -0.1) is 11.6 Å². The predicted molar refractivity (Wildman–Crippen MR) is 62.7 cm³/mol. The lowest BCUT2D eigenvalue weighted by molar-refractivity contribution is 0.379. The molecule has 0 fully saturated rings. The molecule has 0 aliphatic heterocycles. The molecule has 3 heteroatoms. The maximum Gasteiger partial charge on any atom is 0.123 e. The first-order chi connectivity index (χ1) is 7.09. The second-order valence-corrected chi connectivity index (χ2v) is 4.30. The van der Waals surface area contributed by atoms with E-state index in [9.17, 15) is 4.39 Å². The first kappa shape index (κ1) is 12.5. The van der Waals surface area contributed by atoms with Crippen LogP contribution in [0.25, 0.3) is 0 Å². The van der Waals surface area contributed by atoms with Gasteiger partial charge in [-0.1, -0.05) is 19.1 Å². The highest BCUT2D eigenvalue weighted by Crippen LogP contribution is 2.12. The molecule has 0 saturated carbocycles. The summed E-state index contributed by atoms with van der Waals surface area (Å²) in [5, 5.41) is 3.38. The smallest absolute Gasteiger partial charge is 0.123 e. The van der Waals surface area contributed by atoms with Gasteiger partial charge in [0.15, 0.2) is 0 Å². The van der Waals surface area contributed by atoms with Gasteiger partial charge in [-0.05, 0) is 31.0 Å². The van der Waals surface area contributed by atoms with Crippen LogP contribution in [0.2, 0.25) is 0 Å². The molecule has 0 aromatic heterocycles. The first-order valence-corrected chi connectivity index (χ1v) is 5.68. The van der Waals surface area contributed by atoms with Crippen molar-refractivity contribution in [3.8, 4) is 0 Å². The summed E-state index contributed by atoms with van der Waals surface area (Å²) in [6, 6.07) is 6.52. The van der Waals surface area contributed by atoms with Crippen molar-refractivity contribution in [1.29, 1.82) is 0 Å². The normalized spacial score (nSPS) is 14.9. The fraction of sp³-hybridized carbons (Fsp3) is 0.500. The van der Waals surface area contributed by atoms with E-state index in [0.717, 1.165) is 18.5 Å². The van der Waals surface area contributed by atoms with E-state index in [4.69, 9.17) is 11.6 Å². The van der Waals surface area contributed by atoms with Crippen LogP contribution in [0.1, 0.15) is 25.8 Å². The Morgan fingerprint density at radius 1 is 1.33 bits per heavy atom. The summed E-state index contributed by atoms with van der Waals surface area (Å²) in [4.78, 5) is 0. The standard InChI is InChI=1S/C12H17ClFN/c1-3-12(2,9-13)15-8-10-4-6-11(14)7-5-10/h4-7,15H,3,8-9H2,1-2H3. The minimum atomic E-state index is -0.200. The zero-order valence-corrected chi connectivity index (χ0v) is 9.94. The van der Waals surface area contributed by atoms with E-state index in [1.165, 1.54) is 12.1 Å². The quantitative estimate of drug-likeness (QED) is 0.764. The molecule has 1 aromatic carbocycles. The molecule has 0 aliphatic rings. The molecule has 1 aromatic rings. The van der Waals surface area contributed by atoms with Crippen LogP contribution in [-0.4, -0.2) is 11.4 Å². The van der Waals surface area contributed by atoms with E-state index in [1.54, 1.807) is 12.1 Å². The second-order valence-electron chi connectivity index (χ2n) is 4.03. The molecule has 0 amide bonds. The van der Waals surface area contributed by atoms with Gasteiger partial charge in [0.25, 0.3) is 0 Å². The van der Waals surface area contributed by atoms with Crippen molar-refractivity contribution >= 4 is 11.6 Å². The Balaban J connectivity index is 2.53. The molecule has 1 rings (SSSR count). The van der Waals surface area contributed by atoms with Gasteiger partial charge < -0.3 is 5.32 Å². The fourth-order valence-corrected chi connectivity index (χ4v) is 1.47. The van der Waals surface area contributed by atoms with E-state index >= 15 is 0 Å². The summed E-state index contributed by atoms with van der Waals surface area (Å²) in [5.41, 5.74) is 1.02. The zero-order valence-electron chi connectivity index (χ0n) is 9.19. The van der Waals surface area contributed by atoms with Crippen LogP contribution in [0.4, 0.5) is 4.39 Å². The van der Waals surface area contributed by atoms with Gasteiger partial charge in [0.1, 0.15) is 5.82 Å². The van der Waals surface area contributed by atoms with Crippen molar-refractivity contribution in [3.05, 3.63) is 35.6 Å². The average Bonchev–Trinajstić information content (AvgIpc) is 2.28. The summed E-state index contributed by atoms with van der Waals surface area (Å²) >= 11 is 5.88. The van der Waals surface area contributed by atoms with Crippen LogP contribution in [0.5, 0.6) is 0 Å². The lowest BCUT2D eigenvalue weighted by Crippen LogP contribution is -2.42. The Kier molecular flexibility index (Phi) is 4.55. The molecular weight excluding hydrogens is 213 g/mol. The van der Waals surface area contributed by atoms with E-state index in [2.05, 4.69) is 19.2 Å². The molecule has 1 N–H and O–H groups in total. The van der Waals surface area contributed by atoms with Crippen molar-refractivity contribution in [2.45, 2.75) is 32.4 Å². The van der Waals surface area contributed by atoms with Gasteiger partial charge in [-0.2, -0.15) is 0 Å². The van der Waals surface area contributed by atoms with Crippen LogP contribution in [-0.2, 0) is 6.54 Å². The monoisotopic (exact) mass is 229 g/mol. The third-order valence-corrected chi connectivity index (χ3v) is 3.30. The van der Waals surface area contributed by atoms with Gasteiger partial charge >= 0.3 is 0 Å². The van der Waals surface area contributed by atoms with Crippen LogP contribution in [0.15, 0.2) is 24.3 Å². The molecule has 0 aliphatic carbocycles. The Labute approximate surface area is 95.6 Å². The van der Waals surface area contributed by atoms with Gasteiger partial charge in [0.2, 0.25) is 0 Å². The molecule has 0 heterocycles. The number of halogens is 2. The number of hydrogen-bond donors (Lipinski definition) is 1. The van der Waals surface area contributed by atoms with E-state index in [0.29, 0.717) is 5.88 Å². The summed E-state index contributed by atoms with van der Waals surface area (Å²) in [5.74, 6) is 0.374. The Morgan fingerprint density at radius 3 is 2.40 bits per heavy atom. The fourth-order valence-electron chi connectivity index (χ4n) is 1.18. The molecule has 0 spiro atoms. The molecule has 0 radical (unpaired) electrons. The Hall–Kier alpha value is -0.600. The average molecular weight is 230 g/mol. The Bertz CT molecular complexity index is 293. The first-order valence-electron chi connectivity index (χ1n) is 5.15. The molecule has 84 valence electrons. The maximum absolute atomic E-state index is 12.7. The third kappa shape index (κ3) is 3.80. The summed E-state index contributed by atoms with van der Waals surface area (Å²) in [7, 11) is 0. The highest BCUT2D eigenvalue weighted by atomic mass is 35.5. The molecule has 1 nitrogen and oxygen atoms in total. The van der Waals surface area contributed by atoms with Crippen LogP contribution < -0.4 is 5.32 Å². The van der Waals surface area contributed by atoms with Gasteiger partial charge in [-0.3, -0.25) is 0 Å². The van der Waals surface area contributed by atoms with Crippen LogP contribution in [0, 0.1) is 5.82 Å². The SMILES string of the molecule is CCC(C)(CCl)NCc1ccc(F)cc1. The highest BCUT2D eigenvalue weighted by Gasteiger charge is 2.19. The van der Waals surface area contributed by atoms with Crippen molar-refractivity contribution in [1.82, 2.24) is 5.32 Å². The van der Waals surface area contributed by atoms with Crippen LogP contribution >= 0.6 is 11.6 Å². The van der Waals surface area contributed by atoms with Crippen LogP contribution in [0.3, 0.4) is 0 Å². The van der Waals surface area contributed by atoms with Crippen molar-refractivity contribution in [2.24, 2.45) is 0 Å². The number of alkyl halides is 1. The van der Waals surface area contributed by atoms with Crippen molar-refractivity contribution < 1.29 is 4.39 Å². The number of nitrogens with one attached hydrogen (secondary N) is 1. The summed E-state index contributed by atoms with van der Waals surface area (Å²) < 4.78 is 12.7. The molecule has 0 bridgehead atoms. The zero-order chi connectivity index (χ0) is 11.3. The van der Waals surface area contributed by atoms with Gasteiger partial charge in [0.05, 0.1) is 0 Å². The van der Waals surface area contributed by atoms with Gasteiger partial charge in [-0.25, -0.2) is 4.39 Å². The maximum atomic E-state index is 12.7. The van der Waals surface area contributed by atoms with E-state index < -0.39 is 0 Å². The lowest BCUT2D eigenvalue weighted by atomic mass is 10.0. The summed E-state index contributed by atoms with van der Waals surface area (Å²) in [6.45, 7) is 4.90. The number of rotatable bonds is 5. The Morgan fingerprint density at radius 2 is 1.93 bits per heavy atom. The number of benzene rings is 1. The molecule has 1 atom stereocenters. The minimum absolute atomic E-state index is 0.0457. The minimum Gasteiger partial charge on any atom is -0.306 e. The molecule has 0 saturated heterocycles. The summed E-state index contributed by atoms with van der Waals surface area (Å²) in [6.07, 6.45) is 0.970. The van der Waals surface area contributed by atoms with Gasteiger partial charge in [0, 0.05) is 18.0 Å². The molecule has 1 unspecified atom stereocenters. The highest BCUT2D eigenvalue weighted by molar-refractivity contribution is 6.18. The van der Waals surface area contributed by atoms with Crippen molar-refractivity contribution in [3.63, 3.8) is 0 Å². The van der Waals surface area contributed by atoms with E-state index in [-0.39, 0.29) is 11.4 Å². The number of hydrogen-bond acceptors (Lipinski definition) is 1. The topological polar surface area (TPSA) is 12.0 Å². The second kappa shape index (κ2) is 5.47. The van der Waals surface area contributed by atoms with E-state index in [1.807, 2.05) is 0 Å². The predicted octanol–water partition coefficient (Wildman–Crippen LogP) is 3.32. The molecular formula is C12H17ClFN. The third-order valence-electron chi connectivity index (χ3n) is 2.71.